The molecule has 0 aliphatic carbocycles. The van der Waals surface area contributed by atoms with Crippen molar-refractivity contribution in [3.63, 3.8) is 0 Å². The van der Waals surface area contributed by atoms with E-state index in [0.717, 1.165) is 36.2 Å². The Bertz CT molecular complexity index is 1000. The molecular weight excluding hydrogens is 376 g/mol. The van der Waals surface area contributed by atoms with Gasteiger partial charge in [0.25, 0.3) is 0 Å². The molecule has 0 radical (unpaired) electrons. The zero-order valence-corrected chi connectivity index (χ0v) is 16.9. The maximum Gasteiger partial charge on any atom is 0.248 e. The topological polar surface area (TPSA) is 77.6 Å². The van der Waals surface area contributed by atoms with Gasteiger partial charge in [0, 0.05) is 30.8 Å². The van der Waals surface area contributed by atoms with Gasteiger partial charge in [-0.15, -0.1) is 10.2 Å². The van der Waals surface area contributed by atoms with Gasteiger partial charge in [-0.05, 0) is 31.6 Å². The number of aromatic nitrogens is 5. The second-order valence-electron chi connectivity index (χ2n) is 6.50. The third-order valence-electron chi connectivity index (χ3n) is 4.37. The lowest BCUT2D eigenvalue weighted by atomic mass is 10.1. The van der Waals surface area contributed by atoms with Crippen LogP contribution in [0.3, 0.4) is 0 Å². The summed E-state index contributed by atoms with van der Waals surface area (Å²) in [7, 11) is 1.86. The molecule has 0 aliphatic rings. The van der Waals surface area contributed by atoms with Gasteiger partial charge in [0.15, 0.2) is 5.82 Å². The maximum absolute atomic E-state index is 12.5. The van der Waals surface area contributed by atoms with Crippen molar-refractivity contribution in [2.24, 2.45) is 7.05 Å². The minimum absolute atomic E-state index is 0.258. The first-order valence-electron chi connectivity index (χ1n) is 9.16. The molecule has 1 N–H and O–H groups in total. The minimum atomic E-state index is -0.258. The average molecular weight is 399 g/mol. The van der Waals surface area contributed by atoms with Gasteiger partial charge in [-0.1, -0.05) is 37.1 Å². The van der Waals surface area contributed by atoms with E-state index in [1.807, 2.05) is 38.2 Å². The molecule has 8 heteroatoms. The number of rotatable bonds is 7. The molecule has 0 atom stereocenters. The van der Waals surface area contributed by atoms with E-state index in [0.29, 0.717) is 16.7 Å². The highest BCUT2D eigenvalue weighted by Gasteiger charge is 2.13. The zero-order valence-electron chi connectivity index (χ0n) is 16.2. The quantitative estimate of drug-likeness (QED) is 0.608. The highest BCUT2D eigenvalue weighted by molar-refractivity contribution is 6.31. The molecule has 0 saturated carbocycles. The molecule has 2 aromatic heterocycles. The fourth-order valence-corrected chi connectivity index (χ4v) is 3.18. The Morgan fingerprint density at radius 2 is 2.11 bits per heavy atom. The number of benzene rings is 1. The SMILES string of the molecule is CCCCn1nc(C)c(/C=C/C(=O)Nc2ccccc2-c2nncn2C)c1Cl. The Kier molecular flexibility index (Phi) is 6.26. The first kappa shape index (κ1) is 19.8. The van der Waals surface area contributed by atoms with Crippen molar-refractivity contribution < 1.29 is 4.79 Å². The van der Waals surface area contributed by atoms with E-state index >= 15 is 0 Å². The van der Waals surface area contributed by atoms with E-state index < -0.39 is 0 Å². The normalized spacial score (nSPS) is 11.3. The lowest BCUT2D eigenvalue weighted by Crippen LogP contribution is -2.09. The van der Waals surface area contributed by atoms with Gasteiger partial charge in [0.2, 0.25) is 5.91 Å². The molecule has 0 fully saturated rings. The molecule has 0 unspecified atom stereocenters. The average Bonchev–Trinajstić information content (AvgIpc) is 3.22. The number of nitrogens with one attached hydrogen (secondary N) is 1. The molecule has 3 aromatic rings. The Morgan fingerprint density at radius 3 is 2.82 bits per heavy atom. The number of carbonyl (C=O) groups is 1. The Labute approximate surface area is 169 Å². The van der Waals surface area contributed by atoms with Crippen LogP contribution < -0.4 is 5.32 Å². The van der Waals surface area contributed by atoms with Crippen LogP contribution in [0.1, 0.15) is 31.0 Å². The second kappa shape index (κ2) is 8.84. The van der Waals surface area contributed by atoms with Crippen molar-refractivity contribution >= 4 is 29.3 Å². The van der Waals surface area contributed by atoms with Crippen molar-refractivity contribution in [1.29, 1.82) is 0 Å². The van der Waals surface area contributed by atoms with Crippen molar-refractivity contribution in [2.75, 3.05) is 5.32 Å². The summed E-state index contributed by atoms with van der Waals surface area (Å²) in [5.74, 6) is 0.419. The van der Waals surface area contributed by atoms with Crippen LogP contribution in [0.5, 0.6) is 0 Å². The van der Waals surface area contributed by atoms with Gasteiger partial charge in [-0.25, -0.2) is 0 Å². The van der Waals surface area contributed by atoms with Crippen LogP contribution >= 0.6 is 11.6 Å². The van der Waals surface area contributed by atoms with Crippen LogP contribution in [-0.4, -0.2) is 30.5 Å². The molecular formula is C20H23ClN6O. The predicted molar refractivity (Wildman–Crippen MR) is 111 cm³/mol. The molecule has 1 aromatic carbocycles. The number of hydrogen-bond acceptors (Lipinski definition) is 4. The molecule has 0 aliphatic heterocycles. The van der Waals surface area contributed by atoms with Crippen LogP contribution in [0.25, 0.3) is 17.5 Å². The number of hydrogen-bond donors (Lipinski definition) is 1. The van der Waals surface area contributed by atoms with Crippen LogP contribution in [-0.2, 0) is 18.4 Å². The highest BCUT2D eigenvalue weighted by atomic mass is 35.5. The van der Waals surface area contributed by atoms with E-state index in [2.05, 4.69) is 27.5 Å². The molecule has 0 bridgehead atoms. The standard InChI is InChI=1S/C20H23ClN6O/c1-4-5-12-27-19(21)15(14(2)25-27)10-11-18(28)23-17-9-7-6-8-16(17)20-24-22-13-26(20)3/h6-11,13H,4-5,12H2,1-3H3,(H,23,28)/b11-10+. The number of aryl methyl sites for hydroxylation is 3. The summed E-state index contributed by atoms with van der Waals surface area (Å²) in [6.45, 7) is 4.77. The number of nitrogens with zero attached hydrogens (tertiary/aromatic N) is 5. The van der Waals surface area contributed by atoms with Gasteiger partial charge >= 0.3 is 0 Å². The first-order valence-corrected chi connectivity index (χ1v) is 9.54. The molecule has 0 saturated heterocycles. The van der Waals surface area contributed by atoms with Crippen LogP contribution in [0.15, 0.2) is 36.7 Å². The molecule has 0 spiro atoms. The number of para-hydroxylation sites is 1. The summed E-state index contributed by atoms with van der Waals surface area (Å²) >= 11 is 6.42. The summed E-state index contributed by atoms with van der Waals surface area (Å²) in [6, 6.07) is 7.47. The molecule has 3 rings (SSSR count). The third kappa shape index (κ3) is 4.31. The lowest BCUT2D eigenvalue weighted by Gasteiger charge is -2.09. The van der Waals surface area contributed by atoms with Gasteiger partial charge < -0.3 is 9.88 Å². The maximum atomic E-state index is 12.5. The Balaban J connectivity index is 1.77. The minimum Gasteiger partial charge on any atom is -0.322 e. The Morgan fingerprint density at radius 1 is 1.32 bits per heavy atom. The molecule has 146 valence electrons. The molecule has 2 heterocycles. The lowest BCUT2D eigenvalue weighted by molar-refractivity contribution is -0.111. The van der Waals surface area contributed by atoms with Gasteiger partial charge in [0.05, 0.1) is 11.4 Å². The van der Waals surface area contributed by atoms with Crippen molar-refractivity contribution in [3.05, 3.63) is 53.1 Å². The molecule has 28 heavy (non-hydrogen) atoms. The van der Waals surface area contributed by atoms with Gasteiger partial charge in [-0.3, -0.25) is 9.48 Å². The smallest absolute Gasteiger partial charge is 0.248 e. The number of carbonyl (C=O) groups excluding carboxylic acids is 1. The van der Waals surface area contributed by atoms with Crippen LogP contribution in [0, 0.1) is 6.92 Å². The van der Waals surface area contributed by atoms with Crippen molar-refractivity contribution in [2.45, 2.75) is 33.2 Å². The fraction of sp³-hybridized carbons (Fsp3) is 0.300. The van der Waals surface area contributed by atoms with Crippen molar-refractivity contribution in [3.8, 4) is 11.4 Å². The number of unbranched alkanes of at least 4 members (excludes halogenated alkanes) is 1. The second-order valence-corrected chi connectivity index (χ2v) is 6.86. The monoisotopic (exact) mass is 398 g/mol. The van der Waals surface area contributed by atoms with E-state index in [1.165, 1.54) is 6.08 Å². The summed E-state index contributed by atoms with van der Waals surface area (Å²) in [5.41, 5.74) is 3.01. The summed E-state index contributed by atoms with van der Waals surface area (Å²) in [5, 5.41) is 15.9. The Hall–Kier alpha value is -2.93. The summed E-state index contributed by atoms with van der Waals surface area (Å²) in [6.07, 6.45) is 6.85. The summed E-state index contributed by atoms with van der Waals surface area (Å²) < 4.78 is 3.58. The third-order valence-corrected chi connectivity index (χ3v) is 4.77. The van der Waals surface area contributed by atoms with E-state index in [9.17, 15) is 4.79 Å². The van der Waals surface area contributed by atoms with E-state index in [1.54, 1.807) is 21.7 Å². The number of halogens is 1. The van der Waals surface area contributed by atoms with Gasteiger partial charge in [0.1, 0.15) is 11.5 Å². The molecule has 7 nitrogen and oxygen atoms in total. The highest BCUT2D eigenvalue weighted by Crippen LogP contribution is 2.26. The van der Waals surface area contributed by atoms with E-state index in [4.69, 9.17) is 11.6 Å². The van der Waals surface area contributed by atoms with Gasteiger partial charge in [-0.2, -0.15) is 5.10 Å². The van der Waals surface area contributed by atoms with Crippen molar-refractivity contribution in [1.82, 2.24) is 24.5 Å². The number of amides is 1. The van der Waals surface area contributed by atoms with Crippen LogP contribution in [0.4, 0.5) is 5.69 Å². The van der Waals surface area contributed by atoms with Crippen LogP contribution in [0.2, 0.25) is 5.15 Å². The first-order chi connectivity index (χ1) is 13.5. The fourth-order valence-electron chi connectivity index (χ4n) is 2.86. The van der Waals surface area contributed by atoms with E-state index in [-0.39, 0.29) is 5.91 Å². The molecule has 1 amide bonds. The summed E-state index contributed by atoms with van der Waals surface area (Å²) in [4.78, 5) is 12.5. The number of anilines is 1. The zero-order chi connectivity index (χ0) is 20.1. The largest absolute Gasteiger partial charge is 0.322 e. The predicted octanol–water partition coefficient (Wildman–Crippen LogP) is 4.09.